The van der Waals surface area contributed by atoms with Crippen LogP contribution in [0.25, 0.3) is 16.8 Å². The number of hydrogen-bond donors (Lipinski definition) is 0. The van der Waals surface area contributed by atoms with E-state index >= 15 is 0 Å². The first-order valence-corrected chi connectivity index (χ1v) is 7.61. The van der Waals surface area contributed by atoms with E-state index in [0.717, 1.165) is 11.6 Å². The monoisotopic (exact) mass is 399 g/mol. The molecule has 11 heteroatoms. The fourth-order valence-electron chi connectivity index (χ4n) is 2.60. The third-order valence-electron chi connectivity index (χ3n) is 3.84. The van der Waals surface area contributed by atoms with E-state index in [2.05, 4.69) is 5.92 Å². The number of hydrogen-bond acceptors (Lipinski definition) is 4. The Labute approximate surface area is 152 Å². The molecule has 0 bridgehead atoms. The summed E-state index contributed by atoms with van der Waals surface area (Å²) in [7, 11) is 0.875. The van der Waals surface area contributed by atoms with Gasteiger partial charge < -0.3 is 4.42 Å². The maximum absolute atomic E-state index is 13.0. The fourth-order valence-corrected chi connectivity index (χ4v) is 2.84. The van der Waals surface area contributed by atoms with E-state index in [0.29, 0.717) is 4.57 Å². The summed E-state index contributed by atoms with van der Waals surface area (Å²) >= 11 is 6.06. The molecule has 0 aliphatic rings. The molecule has 1 aromatic carbocycles. The zero-order valence-corrected chi connectivity index (χ0v) is 14.3. The van der Waals surface area contributed by atoms with Gasteiger partial charge in [0.25, 0.3) is 5.56 Å². The Balaban J connectivity index is 2.38. The lowest BCUT2D eigenvalue weighted by atomic mass is 10.2. The van der Waals surface area contributed by atoms with Crippen molar-refractivity contribution in [3.8, 4) is 18.0 Å². The molecule has 0 unspecified atom stereocenters. The van der Waals surface area contributed by atoms with Crippen LogP contribution in [0.4, 0.5) is 13.2 Å². The Morgan fingerprint density at radius 3 is 2.48 bits per heavy atom. The summed E-state index contributed by atoms with van der Waals surface area (Å²) in [5.41, 5.74) is -3.94. The van der Waals surface area contributed by atoms with Crippen molar-refractivity contribution in [2.75, 3.05) is 0 Å². The molecule has 0 aliphatic carbocycles. The van der Waals surface area contributed by atoms with Crippen molar-refractivity contribution in [2.45, 2.75) is 12.7 Å². The number of fused-ring (bicyclic) bond motifs is 1. The quantitative estimate of drug-likeness (QED) is 0.615. The number of nitrogens with zero attached hydrogens (tertiary/aromatic N) is 3. The van der Waals surface area contributed by atoms with E-state index in [4.69, 9.17) is 22.4 Å². The standard InChI is InChI=1S/C16H9ClF3N3O4/c1-3-4-22-10-6-9(8(17)5-11(10)27-15(22)26)23-13(24)7-12(16(18,19)20)21(2)14(23)25/h1,5-7H,4H2,2H3. The van der Waals surface area contributed by atoms with Crippen LogP contribution in [0.3, 0.4) is 0 Å². The van der Waals surface area contributed by atoms with Crippen molar-refractivity contribution in [1.29, 1.82) is 0 Å². The molecular formula is C16H9ClF3N3O4. The summed E-state index contributed by atoms with van der Waals surface area (Å²) < 4.78 is 45.7. The van der Waals surface area contributed by atoms with Crippen LogP contribution in [0.5, 0.6) is 0 Å². The minimum absolute atomic E-state index is 0.0424. The van der Waals surface area contributed by atoms with E-state index in [1.54, 1.807) is 0 Å². The van der Waals surface area contributed by atoms with Crippen LogP contribution in [0, 0.1) is 12.3 Å². The summed E-state index contributed by atoms with van der Waals surface area (Å²) in [6.45, 7) is -0.160. The van der Waals surface area contributed by atoms with Crippen LogP contribution in [0.1, 0.15) is 5.69 Å². The van der Waals surface area contributed by atoms with E-state index in [-0.39, 0.29) is 39.0 Å². The maximum Gasteiger partial charge on any atom is 0.431 e. The van der Waals surface area contributed by atoms with Crippen LogP contribution < -0.4 is 17.0 Å². The second-order valence-corrected chi connectivity index (χ2v) is 5.88. The van der Waals surface area contributed by atoms with Crippen molar-refractivity contribution in [3.63, 3.8) is 0 Å². The first-order valence-electron chi connectivity index (χ1n) is 7.23. The molecule has 0 saturated carbocycles. The predicted octanol–water partition coefficient (Wildman–Crippen LogP) is 1.75. The zero-order valence-electron chi connectivity index (χ0n) is 13.5. The first kappa shape index (κ1) is 18.6. The topological polar surface area (TPSA) is 79.1 Å². The number of alkyl halides is 3. The molecule has 0 N–H and O–H groups in total. The third kappa shape index (κ3) is 2.96. The summed E-state index contributed by atoms with van der Waals surface area (Å²) in [6, 6.07) is 2.63. The molecule has 2 aromatic heterocycles. The Bertz CT molecular complexity index is 1290. The Kier molecular flexibility index (Phi) is 4.28. The van der Waals surface area contributed by atoms with Crippen LogP contribution in [-0.4, -0.2) is 13.7 Å². The minimum atomic E-state index is -4.89. The number of aromatic nitrogens is 3. The summed E-state index contributed by atoms with van der Waals surface area (Å²) in [4.78, 5) is 36.5. The molecule has 0 spiro atoms. The van der Waals surface area contributed by atoms with Gasteiger partial charge in [0.15, 0.2) is 5.58 Å². The lowest BCUT2D eigenvalue weighted by Gasteiger charge is -2.14. The highest BCUT2D eigenvalue weighted by atomic mass is 35.5. The highest BCUT2D eigenvalue weighted by Crippen LogP contribution is 2.28. The first-order chi connectivity index (χ1) is 12.6. The van der Waals surface area contributed by atoms with Gasteiger partial charge in [-0.25, -0.2) is 14.2 Å². The van der Waals surface area contributed by atoms with Gasteiger partial charge >= 0.3 is 17.6 Å². The van der Waals surface area contributed by atoms with Gasteiger partial charge in [0.05, 0.1) is 22.8 Å². The molecule has 27 heavy (non-hydrogen) atoms. The molecule has 0 fully saturated rings. The average Bonchev–Trinajstić information content (AvgIpc) is 2.85. The van der Waals surface area contributed by atoms with Gasteiger partial charge in [-0.3, -0.25) is 13.9 Å². The Morgan fingerprint density at radius 1 is 1.22 bits per heavy atom. The SMILES string of the molecule is C#CCn1c(=O)oc2cc(Cl)c(-n3c(=O)cc(C(F)(F)F)n(C)c3=O)cc21. The largest absolute Gasteiger partial charge is 0.431 e. The van der Waals surface area contributed by atoms with Gasteiger partial charge in [-0.15, -0.1) is 6.42 Å². The van der Waals surface area contributed by atoms with E-state index in [1.807, 2.05) is 0 Å². The summed E-state index contributed by atoms with van der Waals surface area (Å²) in [5, 5.41) is -0.178. The molecule has 0 amide bonds. The summed E-state index contributed by atoms with van der Waals surface area (Å²) in [6.07, 6.45) is 0.301. The van der Waals surface area contributed by atoms with Gasteiger partial charge in [0, 0.05) is 19.2 Å². The molecule has 3 aromatic rings. The number of terminal acetylenes is 1. The Hall–Kier alpha value is -3.19. The highest BCUT2D eigenvalue weighted by molar-refractivity contribution is 6.33. The second-order valence-electron chi connectivity index (χ2n) is 5.47. The molecular weight excluding hydrogens is 391 g/mol. The minimum Gasteiger partial charge on any atom is -0.408 e. The Morgan fingerprint density at radius 2 is 1.89 bits per heavy atom. The molecule has 140 valence electrons. The average molecular weight is 400 g/mol. The van der Waals surface area contributed by atoms with Crippen LogP contribution in [-0.2, 0) is 19.8 Å². The highest BCUT2D eigenvalue weighted by Gasteiger charge is 2.35. The summed E-state index contributed by atoms with van der Waals surface area (Å²) in [5.74, 6) is 1.46. The molecule has 0 aliphatic heterocycles. The molecule has 0 radical (unpaired) electrons. The molecule has 0 saturated heterocycles. The molecule has 3 rings (SSSR count). The number of rotatable bonds is 2. The van der Waals surface area contributed by atoms with Crippen molar-refractivity contribution in [3.05, 3.63) is 60.3 Å². The molecule has 2 heterocycles. The maximum atomic E-state index is 13.0. The predicted molar refractivity (Wildman–Crippen MR) is 90.2 cm³/mol. The molecule has 7 nitrogen and oxygen atoms in total. The van der Waals surface area contributed by atoms with E-state index < -0.39 is 28.9 Å². The van der Waals surface area contributed by atoms with Crippen molar-refractivity contribution in [1.82, 2.24) is 13.7 Å². The van der Waals surface area contributed by atoms with Gasteiger partial charge in [-0.1, -0.05) is 17.5 Å². The number of oxazole rings is 1. The lowest BCUT2D eigenvalue weighted by molar-refractivity contribution is -0.144. The van der Waals surface area contributed by atoms with Crippen LogP contribution >= 0.6 is 11.6 Å². The van der Waals surface area contributed by atoms with E-state index in [9.17, 15) is 27.6 Å². The lowest BCUT2D eigenvalue weighted by Crippen LogP contribution is -2.40. The van der Waals surface area contributed by atoms with Crippen molar-refractivity contribution in [2.24, 2.45) is 7.05 Å². The normalized spacial score (nSPS) is 11.7. The van der Waals surface area contributed by atoms with Crippen LogP contribution in [0.2, 0.25) is 5.02 Å². The zero-order chi connectivity index (χ0) is 20.1. The van der Waals surface area contributed by atoms with Gasteiger partial charge in [-0.05, 0) is 6.07 Å². The fraction of sp³-hybridized carbons (Fsp3) is 0.188. The van der Waals surface area contributed by atoms with Crippen molar-refractivity contribution >= 4 is 22.7 Å². The van der Waals surface area contributed by atoms with Gasteiger partial charge in [0.1, 0.15) is 5.69 Å². The number of benzene rings is 1. The van der Waals surface area contributed by atoms with Gasteiger partial charge in [-0.2, -0.15) is 13.2 Å². The van der Waals surface area contributed by atoms with Crippen molar-refractivity contribution < 1.29 is 17.6 Å². The number of halogens is 4. The third-order valence-corrected chi connectivity index (χ3v) is 4.14. The van der Waals surface area contributed by atoms with E-state index in [1.165, 1.54) is 12.1 Å². The smallest absolute Gasteiger partial charge is 0.408 e. The van der Waals surface area contributed by atoms with Crippen LogP contribution in [0.15, 0.2) is 37.0 Å². The molecule has 0 atom stereocenters. The second kappa shape index (κ2) is 6.21. The van der Waals surface area contributed by atoms with Gasteiger partial charge in [0.2, 0.25) is 0 Å².